The first kappa shape index (κ1) is 14.8. The molecular weight excluding hydrogens is 272 g/mol. The zero-order valence-electron chi connectivity index (χ0n) is 13.6. The van der Waals surface area contributed by atoms with E-state index in [9.17, 15) is 0 Å². The van der Waals surface area contributed by atoms with Crippen LogP contribution in [0.15, 0.2) is 36.4 Å². The molecule has 1 heterocycles. The Labute approximate surface area is 132 Å². The number of ether oxygens (including phenoxy) is 1. The number of hydrogen-bond acceptors (Lipinski definition) is 3. The summed E-state index contributed by atoms with van der Waals surface area (Å²) in [7, 11) is 0. The van der Waals surface area contributed by atoms with E-state index in [0.717, 1.165) is 25.2 Å². The molecule has 0 saturated heterocycles. The minimum absolute atomic E-state index is 0.293. The number of anilines is 2. The fraction of sp³-hybridized carbons (Fsp3) is 0.368. The molecule has 116 valence electrons. The summed E-state index contributed by atoms with van der Waals surface area (Å²) in [6, 6.07) is 13.0. The molecular formula is C19H24N2O. The van der Waals surface area contributed by atoms with Crippen LogP contribution < -0.4 is 15.4 Å². The molecule has 3 nitrogen and oxygen atoms in total. The van der Waals surface area contributed by atoms with E-state index in [4.69, 9.17) is 4.74 Å². The Morgan fingerprint density at radius 1 is 0.955 bits per heavy atom. The van der Waals surface area contributed by atoms with Crippen molar-refractivity contribution in [2.24, 2.45) is 0 Å². The second-order valence-electron chi connectivity index (χ2n) is 5.80. The number of aryl methyl sites for hydroxylation is 1. The van der Waals surface area contributed by atoms with Gasteiger partial charge in [0.15, 0.2) is 0 Å². The van der Waals surface area contributed by atoms with Crippen molar-refractivity contribution < 1.29 is 4.74 Å². The average Bonchev–Trinajstić information content (AvgIpc) is 2.91. The first-order valence-electron chi connectivity index (χ1n) is 8.14. The molecule has 0 fully saturated rings. The van der Waals surface area contributed by atoms with Gasteiger partial charge in [-0.05, 0) is 60.7 Å². The predicted octanol–water partition coefficient (Wildman–Crippen LogP) is 4.89. The van der Waals surface area contributed by atoms with Crippen LogP contribution in [0, 0.1) is 0 Å². The molecule has 2 aromatic carbocycles. The highest BCUT2D eigenvalue weighted by molar-refractivity contribution is 5.81. The number of nitrogens with one attached hydrogen (secondary N) is 2. The molecule has 0 bridgehead atoms. The van der Waals surface area contributed by atoms with Crippen molar-refractivity contribution >= 4 is 11.4 Å². The Balaban J connectivity index is 1.90. The summed E-state index contributed by atoms with van der Waals surface area (Å²) in [5, 5.41) is 6.84. The average molecular weight is 296 g/mol. The van der Waals surface area contributed by atoms with Crippen LogP contribution in [0.4, 0.5) is 11.4 Å². The summed E-state index contributed by atoms with van der Waals surface area (Å²) >= 11 is 0. The lowest BCUT2D eigenvalue weighted by molar-refractivity contribution is 0.314. The van der Waals surface area contributed by atoms with Crippen LogP contribution in [0.5, 0.6) is 5.75 Å². The molecule has 2 aromatic rings. The highest BCUT2D eigenvalue weighted by Crippen LogP contribution is 2.34. The van der Waals surface area contributed by atoms with Crippen LogP contribution in [0.3, 0.4) is 0 Å². The van der Waals surface area contributed by atoms with E-state index in [1.54, 1.807) is 0 Å². The Morgan fingerprint density at radius 2 is 1.68 bits per heavy atom. The largest absolute Gasteiger partial charge is 0.493 e. The number of benzene rings is 2. The first-order chi connectivity index (χ1) is 10.7. The molecule has 22 heavy (non-hydrogen) atoms. The van der Waals surface area contributed by atoms with E-state index in [2.05, 4.69) is 67.8 Å². The van der Waals surface area contributed by atoms with Gasteiger partial charge in [-0.2, -0.15) is 0 Å². The van der Waals surface area contributed by atoms with E-state index >= 15 is 0 Å². The molecule has 3 rings (SSSR count). The second-order valence-corrected chi connectivity index (χ2v) is 5.80. The molecule has 2 N–H and O–H groups in total. The number of fused-ring (bicyclic) bond motifs is 1. The van der Waals surface area contributed by atoms with Crippen LogP contribution in [0.2, 0.25) is 0 Å². The fourth-order valence-electron chi connectivity index (χ4n) is 2.86. The lowest BCUT2D eigenvalue weighted by atomic mass is 10.0. The Hall–Kier alpha value is -2.16. The third kappa shape index (κ3) is 2.89. The fourth-order valence-corrected chi connectivity index (χ4v) is 2.86. The van der Waals surface area contributed by atoms with E-state index in [1.165, 1.54) is 28.1 Å². The first-order valence-corrected chi connectivity index (χ1v) is 8.14. The zero-order chi connectivity index (χ0) is 15.5. The molecule has 0 radical (unpaired) electrons. The molecule has 3 heteroatoms. The van der Waals surface area contributed by atoms with Gasteiger partial charge >= 0.3 is 0 Å². The van der Waals surface area contributed by atoms with Gasteiger partial charge in [0.05, 0.1) is 24.1 Å². The zero-order valence-corrected chi connectivity index (χ0v) is 13.6. The number of rotatable bonds is 5. The van der Waals surface area contributed by atoms with Crippen LogP contribution in [0.25, 0.3) is 11.1 Å². The van der Waals surface area contributed by atoms with Gasteiger partial charge in [-0.25, -0.2) is 0 Å². The predicted molar refractivity (Wildman–Crippen MR) is 93.7 cm³/mol. The van der Waals surface area contributed by atoms with Gasteiger partial charge in [-0.15, -0.1) is 0 Å². The highest BCUT2D eigenvalue weighted by atomic mass is 16.5. The molecule has 1 aliphatic heterocycles. The summed E-state index contributed by atoms with van der Waals surface area (Å²) in [4.78, 5) is 0. The van der Waals surface area contributed by atoms with E-state index in [-0.39, 0.29) is 0 Å². The maximum Gasteiger partial charge on any atom is 0.122 e. The van der Waals surface area contributed by atoms with Gasteiger partial charge in [0.25, 0.3) is 0 Å². The Morgan fingerprint density at radius 3 is 2.45 bits per heavy atom. The van der Waals surface area contributed by atoms with Crippen molar-refractivity contribution in [2.75, 3.05) is 17.2 Å². The van der Waals surface area contributed by atoms with Crippen molar-refractivity contribution in [3.8, 4) is 16.9 Å². The van der Waals surface area contributed by atoms with Crippen molar-refractivity contribution in [1.82, 2.24) is 0 Å². The van der Waals surface area contributed by atoms with Crippen LogP contribution in [0.1, 0.15) is 32.8 Å². The summed E-state index contributed by atoms with van der Waals surface area (Å²) in [6.07, 6.45) is 2.31. The van der Waals surface area contributed by atoms with Crippen molar-refractivity contribution in [3.05, 3.63) is 42.0 Å². The molecule has 0 saturated carbocycles. The van der Waals surface area contributed by atoms with Crippen LogP contribution in [-0.2, 0) is 6.42 Å². The van der Waals surface area contributed by atoms with Gasteiger partial charge in [0, 0.05) is 0 Å². The maximum absolute atomic E-state index is 5.83. The van der Waals surface area contributed by atoms with Crippen molar-refractivity contribution in [2.45, 2.75) is 39.8 Å². The maximum atomic E-state index is 5.83. The monoisotopic (exact) mass is 296 g/mol. The molecule has 0 aromatic heterocycles. The smallest absolute Gasteiger partial charge is 0.122 e. The van der Waals surface area contributed by atoms with Crippen molar-refractivity contribution in [1.29, 1.82) is 0 Å². The van der Waals surface area contributed by atoms with E-state index < -0.39 is 0 Å². The molecule has 0 spiro atoms. The minimum Gasteiger partial charge on any atom is -0.493 e. The van der Waals surface area contributed by atoms with Crippen molar-refractivity contribution in [3.63, 3.8) is 0 Å². The van der Waals surface area contributed by atoms with Gasteiger partial charge < -0.3 is 15.4 Å². The highest BCUT2D eigenvalue weighted by Gasteiger charge is 2.16. The SMILES string of the molecule is CCCOc1ccc(-c2ccc3c(c2)NC(C)N3)cc1CC. The molecule has 1 atom stereocenters. The molecule has 1 aliphatic rings. The summed E-state index contributed by atoms with van der Waals surface area (Å²) in [5.41, 5.74) is 6.10. The molecule has 1 unspecified atom stereocenters. The lowest BCUT2D eigenvalue weighted by Crippen LogP contribution is -2.16. The Kier molecular flexibility index (Phi) is 4.23. The van der Waals surface area contributed by atoms with E-state index in [1.807, 2.05) is 0 Å². The third-order valence-corrected chi connectivity index (χ3v) is 4.00. The lowest BCUT2D eigenvalue weighted by Gasteiger charge is -2.12. The van der Waals surface area contributed by atoms with Gasteiger partial charge in [0.2, 0.25) is 0 Å². The molecule has 0 amide bonds. The van der Waals surface area contributed by atoms with Crippen LogP contribution >= 0.6 is 0 Å². The minimum atomic E-state index is 0.293. The van der Waals surface area contributed by atoms with Gasteiger partial charge in [-0.1, -0.05) is 26.0 Å². The van der Waals surface area contributed by atoms with Gasteiger partial charge in [0.1, 0.15) is 5.75 Å². The van der Waals surface area contributed by atoms with Gasteiger partial charge in [-0.3, -0.25) is 0 Å². The summed E-state index contributed by atoms with van der Waals surface area (Å²) in [5.74, 6) is 1.02. The number of hydrogen-bond donors (Lipinski definition) is 2. The molecule has 0 aliphatic carbocycles. The standard InChI is InChI=1S/C19H24N2O/c1-4-10-22-19-9-7-15(11-14(19)5-2)16-6-8-17-18(12-16)21-13(3)20-17/h6-9,11-13,20-21H,4-5,10H2,1-3H3. The Bertz CT molecular complexity index is 666. The normalized spacial score (nSPS) is 15.9. The topological polar surface area (TPSA) is 33.3 Å². The summed E-state index contributed by atoms with van der Waals surface area (Å²) < 4.78 is 5.83. The summed E-state index contributed by atoms with van der Waals surface area (Å²) in [6.45, 7) is 7.20. The quantitative estimate of drug-likeness (QED) is 0.824. The second kappa shape index (κ2) is 6.30. The third-order valence-electron chi connectivity index (χ3n) is 4.00. The van der Waals surface area contributed by atoms with Crippen LogP contribution in [-0.4, -0.2) is 12.8 Å². The van der Waals surface area contributed by atoms with E-state index in [0.29, 0.717) is 6.17 Å².